The van der Waals surface area contributed by atoms with E-state index in [1.54, 1.807) is 13.2 Å². The first-order chi connectivity index (χ1) is 13.2. The van der Waals surface area contributed by atoms with E-state index in [1.807, 2.05) is 24.3 Å². The number of fused-ring (bicyclic) bond motifs is 2. The number of amides is 1. The van der Waals surface area contributed by atoms with Crippen LogP contribution in [-0.2, 0) is 17.8 Å². The molecule has 4 rings (SSSR count). The summed E-state index contributed by atoms with van der Waals surface area (Å²) in [7, 11) is 1.54. The molecule has 1 atom stereocenters. The van der Waals surface area contributed by atoms with Gasteiger partial charge in [-0.2, -0.15) is 0 Å². The molecule has 0 radical (unpaired) electrons. The van der Waals surface area contributed by atoms with Gasteiger partial charge in [-0.25, -0.2) is 4.39 Å². The molecule has 6 heteroatoms. The van der Waals surface area contributed by atoms with Crippen molar-refractivity contribution in [2.45, 2.75) is 13.0 Å². The number of halogens is 1. The van der Waals surface area contributed by atoms with Crippen molar-refractivity contribution in [2.75, 3.05) is 20.3 Å². The molecule has 0 aliphatic carbocycles. The van der Waals surface area contributed by atoms with Crippen molar-refractivity contribution >= 4 is 27.3 Å². The topological polar surface area (TPSA) is 47.6 Å². The fourth-order valence-electron chi connectivity index (χ4n) is 3.47. The second kappa shape index (κ2) is 7.66. The zero-order valence-corrected chi connectivity index (χ0v) is 15.8. The Morgan fingerprint density at radius 2 is 2.15 bits per heavy atom. The molecule has 0 fully saturated rings. The zero-order chi connectivity index (χ0) is 18.8. The SMILES string of the molecule is COCc1c(C(=O)NCC2COc3ccccc3C2)sc2cccc(F)c12. The standard InChI is InChI=1S/C21H20FNO3S/c1-25-12-15-19-16(22)6-4-8-18(19)27-20(15)21(24)23-10-13-9-14-5-2-3-7-17(14)26-11-13/h2-8,13H,9-12H2,1H3,(H,23,24). The molecular weight excluding hydrogens is 365 g/mol. The number of rotatable bonds is 5. The van der Waals surface area contributed by atoms with Crippen molar-refractivity contribution in [3.8, 4) is 5.75 Å². The van der Waals surface area contributed by atoms with Gasteiger partial charge in [-0.3, -0.25) is 4.79 Å². The van der Waals surface area contributed by atoms with Crippen LogP contribution < -0.4 is 10.1 Å². The molecule has 0 saturated heterocycles. The molecule has 27 heavy (non-hydrogen) atoms. The van der Waals surface area contributed by atoms with Crippen molar-refractivity contribution in [3.05, 3.63) is 64.3 Å². The Morgan fingerprint density at radius 1 is 1.30 bits per heavy atom. The first kappa shape index (κ1) is 17.9. The van der Waals surface area contributed by atoms with Crippen LogP contribution in [-0.4, -0.2) is 26.2 Å². The number of para-hydroxylation sites is 1. The third-order valence-electron chi connectivity index (χ3n) is 4.77. The van der Waals surface area contributed by atoms with Gasteiger partial charge in [0.1, 0.15) is 11.6 Å². The molecule has 0 spiro atoms. The van der Waals surface area contributed by atoms with E-state index in [2.05, 4.69) is 11.4 Å². The number of carbonyl (C=O) groups is 1. The van der Waals surface area contributed by atoms with Crippen molar-refractivity contribution in [3.63, 3.8) is 0 Å². The highest BCUT2D eigenvalue weighted by Gasteiger charge is 2.23. The fourth-order valence-corrected chi connectivity index (χ4v) is 4.61. The van der Waals surface area contributed by atoms with Crippen LogP contribution in [0.4, 0.5) is 4.39 Å². The molecule has 140 valence electrons. The number of methoxy groups -OCH3 is 1. The molecule has 1 aliphatic heterocycles. The number of carbonyl (C=O) groups excluding carboxylic acids is 1. The normalized spacial score (nSPS) is 16.0. The number of hydrogen-bond acceptors (Lipinski definition) is 4. The lowest BCUT2D eigenvalue weighted by atomic mass is 9.97. The average Bonchev–Trinajstić information content (AvgIpc) is 3.06. The number of benzene rings is 2. The lowest BCUT2D eigenvalue weighted by Crippen LogP contribution is -2.34. The Kier molecular flexibility index (Phi) is 5.09. The number of hydrogen-bond donors (Lipinski definition) is 1. The predicted molar refractivity (Wildman–Crippen MR) is 104 cm³/mol. The average molecular weight is 385 g/mol. The van der Waals surface area contributed by atoms with E-state index >= 15 is 0 Å². The predicted octanol–water partition coefficient (Wildman–Crippen LogP) is 4.17. The van der Waals surface area contributed by atoms with Crippen molar-refractivity contribution in [1.82, 2.24) is 5.32 Å². The molecule has 1 unspecified atom stereocenters. The van der Waals surface area contributed by atoms with Gasteiger partial charge in [0.05, 0.1) is 18.1 Å². The van der Waals surface area contributed by atoms with Crippen molar-refractivity contribution in [2.24, 2.45) is 5.92 Å². The van der Waals surface area contributed by atoms with Gasteiger partial charge in [0.2, 0.25) is 0 Å². The minimum Gasteiger partial charge on any atom is -0.493 e. The van der Waals surface area contributed by atoms with Gasteiger partial charge in [0.15, 0.2) is 0 Å². The Labute approximate surface area is 160 Å². The van der Waals surface area contributed by atoms with Gasteiger partial charge in [0, 0.05) is 35.2 Å². The number of ether oxygens (including phenoxy) is 2. The molecule has 1 aromatic heterocycles. The Bertz CT molecular complexity index is 985. The summed E-state index contributed by atoms with van der Waals surface area (Å²) >= 11 is 1.30. The van der Waals surface area contributed by atoms with E-state index in [4.69, 9.17) is 9.47 Å². The summed E-state index contributed by atoms with van der Waals surface area (Å²) in [5.41, 5.74) is 1.77. The van der Waals surface area contributed by atoms with E-state index < -0.39 is 0 Å². The molecule has 1 amide bonds. The fraction of sp³-hybridized carbons (Fsp3) is 0.286. The molecule has 1 aliphatic rings. The molecule has 4 nitrogen and oxygen atoms in total. The summed E-state index contributed by atoms with van der Waals surface area (Å²) < 4.78 is 26.0. The first-order valence-electron chi connectivity index (χ1n) is 8.85. The van der Waals surface area contributed by atoms with Crippen LogP contribution in [0.2, 0.25) is 0 Å². The smallest absolute Gasteiger partial charge is 0.261 e. The lowest BCUT2D eigenvalue weighted by Gasteiger charge is -2.25. The Balaban J connectivity index is 1.50. The first-order valence-corrected chi connectivity index (χ1v) is 9.66. The Hall–Kier alpha value is -2.44. The molecule has 2 heterocycles. The monoisotopic (exact) mass is 385 g/mol. The van der Waals surface area contributed by atoms with Crippen LogP contribution in [0.3, 0.4) is 0 Å². The van der Waals surface area contributed by atoms with Crippen molar-refractivity contribution in [1.29, 1.82) is 0 Å². The van der Waals surface area contributed by atoms with Crippen LogP contribution in [0.5, 0.6) is 5.75 Å². The minimum atomic E-state index is -0.327. The summed E-state index contributed by atoms with van der Waals surface area (Å²) in [6.45, 7) is 1.28. The maximum atomic E-state index is 14.3. The highest BCUT2D eigenvalue weighted by molar-refractivity contribution is 7.21. The molecule has 2 aromatic carbocycles. The molecule has 0 saturated carbocycles. The molecule has 1 N–H and O–H groups in total. The summed E-state index contributed by atoms with van der Waals surface area (Å²) in [5, 5.41) is 3.47. The van der Waals surface area contributed by atoms with E-state index in [-0.39, 0.29) is 24.2 Å². The van der Waals surface area contributed by atoms with Crippen LogP contribution >= 0.6 is 11.3 Å². The van der Waals surface area contributed by atoms with Gasteiger partial charge < -0.3 is 14.8 Å². The third-order valence-corrected chi connectivity index (χ3v) is 5.96. The van der Waals surface area contributed by atoms with Gasteiger partial charge in [-0.1, -0.05) is 24.3 Å². The van der Waals surface area contributed by atoms with E-state index in [0.29, 0.717) is 29.0 Å². The maximum absolute atomic E-state index is 14.3. The minimum absolute atomic E-state index is 0.193. The summed E-state index contributed by atoms with van der Waals surface area (Å²) in [5.74, 6) is 0.608. The van der Waals surface area contributed by atoms with E-state index in [1.165, 1.54) is 17.4 Å². The molecule has 0 bridgehead atoms. The van der Waals surface area contributed by atoms with Crippen LogP contribution in [0.25, 0.3) is 10.1 Å². The highest BCUT2D eigenvalue weighted by atomic mass is 32.1. The zero-order valence-electron chi connectivity index (χ0n) is 15.0. The molecular formula is C21H20FNO3S. The highest BCUT2D eigenvalue weighted by Crippen LogP contribution is 2.34. The largest absolute Gasteiger partial charge is 0.493 e. The summed E-state index contributed by atoms with van der Waals surface area (Å²) in [6, 6.07) is 12.9. The van der Waals surface area contributed by atoms with E-state index in [0.717, 1.165) is 22.4 Å². The quantitative estimate of drug-likeness (QED) is 0.717. The number of thiophene rings is 1. The van der Waals surface area contributed by atoms with Crippen LogP contribution in [0.1, 0.15) is 20.8 Å². The van der Waals surface area contributed by atoms with Gasteiger partial charge in [0.25, 0.3) is 5.91 Å². The second-order valence-electron chi connectivity index (χ2n) is 6.65. The number of nitrogens with one attached hydrogen (secondary N) is 1. The van der Waals surface area contributed by atoms with Crippen LogP contribution in [0.15, 0.2) is 42.5 Å². The molecule has 3 aromatic rings. The van der Waals surface area contributed by atoms with E-state index in [9.17, 15) is 9.18 Å². The second-order valence-corrected chi connectivity index (χ2v) is 7.71. The maximum Gasteiger partial charge on any atom is 0.261 e. The van der Waals surface area contributed by atoms with Crippen LogP contribution in [0, 0.1) is 11.7 Å². The summed E-state index contributed by atoms with van der Waals surface area (Å²) in [4.78, 5) is 13.3. The van der Waals surface area contributed by atoms with Gasteiger partial charge in [-0.15, -0.1) is 11.3 Å². The Morgan fingerprint density at radius 3 is 3.00 bits per heavy atom. The van der Waals surface area contributed by atoms with Gasteiger partial charge in [-0.05, 0) is 30.2 Å². The van der Waals surface area contributed by atoms with Gasteiger partial charge >= 0.3 is 0 Å². The lowest BCUT2D eigenvalue weighted by molar-refractivity contribution is 0.0939. The summed E-state index contributed by atoms with van der Waals surface area (Å²) in [6.07, 6.45) is 0.864. The van der Waals surface area contributed by atoms with Crippen molar-refractivity contribution < 1.29 is 18.7 Å². The third kappa shape index (κ3) is 3.55.